The van der Waals surface area contributed by atoms with Crippen LogP contribution >= 0.6 is 0 Å². The Morgan fingerprint density at radius 1 is 1.12 bits per heavy atom. The average molecular weight is 436 g/mol. The van der Waals surface area contributed by atoms with Gasteiger partial charge in [-0.3, -0.25) is 4.99 Å². The maximum atomic E-state index is 6.43. The highest BCUT2D eigenvalue weighted by atomic mass is 14.9. The van der Waals surface area contributed by atoms with Crippen molar-refractivity contribution in [3.05, 3.63) is 35.0 Å². The molecular weight excluding hydrogens is 390 g/mol. The van der Waals surface area contributed by atoms with Gasteiger partial charge in [0.1, 0.15) is 11.5 Å². The zero-order valence-electron chi connectivity index (χ0n) is 21.1. The van der Waals surface area contributed by atoms with Crippen LogP contribution in [0.1, 0.15) is 127 Å². The summed E-state index contributed by atoms with van der Waals surface area (Å²) in [6.07, 6.45) is 20.0. The van der Waals surface area contributed by atoms with Gasteiger partial charge in [0.05, 0.1) is 5.69 Å². The molecular formula is C29H45N3. The van der Waals surface area contributed by atoms with Crippen LogP contribution in [-0.4, -0.2) is 10.7 Å². The van der Waals surface area contributed by atoms with Crippen LogP contribution < -0.4 is 5.73 Å². The van der Waals surface area contributed by atoms with Gasteiger partial charge in [0.25, 0.3) is 0 Å². The lowest BCUT2D eigenvalue weighted by Gasteiger charge is -2.31. The van der Waals surface area contributed by atoms with Crippen LogP contribution in [0.15, 0.2) is 23.2 Å². The van der Waals surface area contributed by atoms with Crippen molar-refractivity contribution in [2.24, 2.45) is 10.4 Å². The number of hydrogen-bond acceptors (Lipinski definition) is 3. The van der Waals surface area contributed by atoms with E-state index >= 15 is 0 Å². The first kappa shape index (κ1) is 24.7. The number of nitrogens with two attached hydrogens (primary N) is 1. The lowest BCUT2D eigenvalue weighted by Crippen LogP contribution is -2.22. The van der Waals surface area contributed by atoms with E-state index < -0.39 is 0 Å². The SMILES string of the molecule is C=C(CCCCCCC)CC(C)(C)CC1C(CCCC)=Nc2c(N)nc3c(c21)C=CCC3. The van der Waals surface area contributed by atoms with Crippen molar-refractivity contribution in [3.8, 4) is 0 Å². The maximum Gasteiger partial charge on any atom is 0.149 e. The third-order valence-corrected chi connectivity index (χ3v) is 7.10. The van der Waals surface area contributed by atoms with Crippen LogP contribution in [0.4, 0.5) is 11.5 Å². The van der Waals surface area contributed by atoms with E-state index in [4.69, 9.17) is 15.7 Å². The standard InChI is InChI=1S/C29H45N3/c1-6-8-10-11-12-15-21(3)19-29(4,5)20-23-25(17-9-7-2)31-27-26(23)22-16-13-14-18-24(22)32-28(27)30/h13,16,23H,3,6-12,14-15,17-20H2,1-2,4-5H3,(H2,30,32). The third-order valence-electron chi connectivity index (χ3n) is 7.10. The van der Waals surface area contributed by atoms with Gasteiger partial charge >= 0.3 is 0 Å². The Bertz CT molecular complexity index is 860. The van der Waals surface area contributed by atoms with E-state index in [1.165, 1.54) is 73.8 Å². The summed E-state index contributed by atoms with van der Waals surface area (Å²) in [5.74, 6) is 0.977. The fraction of sp³-hybridized carbons (Fsp3) is 0.655. The number of aliphatic imine (C=N–C) groups is 1. The Morgan fingerprint density at radius 3 is 2.62 bits per heavy atom. The number of hydrogen-bond donors (Lipinski definition) is 1. The van der Waals surface area contributed by atoms with E-state index in [0.29, 0.717) is 11.7 Å². The average Bonchev–Trinajstić information content (AvgIpc) is 3.10. The summed E-state index contributed by atoms with van der Waals surface area (Å²) in [7, 11) is 0. The zero-order valence-corrected chi connectivity index (χ0v) is 21.1. The van der Waals surface area contributed by atoms with Gasteiger partial charge in [-0.15, -0.1) is 0 Å². The van der Waals surface area contributed by atoms with Crippen LogP contribution in [0.3, 0.4) is 0 Å². The molecule has 0 aromatic carbocycles. The number of anilines is 1. The number of nitrogen functional groups attached to an aromatic ring is 1. The Kier molecular flexibility index (Phi) is 8.73. The molecule has 3 rings (SSSR count). The van der Waals surface area contributed by atoms with Crippen molar-refractivity contribution < 1.29 is 0 Å². The van der Waals surface area contributed by atoms with Crippen molar-refractivity contribution in [2.45, 2.75) is 117 Å². The van der Waals surface area contributed by atoms with E-state index in [9.17, 15) is 0 Å². The van der Waals surface area contributed by atoms with Crippen LogP contribution in [-0.2, 0) is 6.42 Å². The summed E-state index contributed by atoms with van der Waals surface area (Å²) in [5.41, 5.74) is 14.1. The van der Waals surface area contributed by atoms with E-state index in [2.05, 4.69) is 46.4 Å². The molecule has 1 atom stereocenters. The lowest BCUT2D eigenvalue weighted by atomic mass is 9.73. The zero-order chi connectivity index (χ0) is 23.1. The smallest absolute Gasteiger partial charge is 0.149 e. The molecule has 1 aromatic rings. The summed E-state index contributed by atoms with van der Waals surface area (Å²) in [4.78, 5) is 9.83. The highest BCUT2D eigenvalue weighted by Crippen LogP contribution is 2.49. The second kappa shape index (κ2) is 11.3. The molecule has 176 valence electrons. The highest BCUT2D eigenvalue weighted by Gasteiger charge is 2.36. The van der Waals surface area contributed by atoms with Gasteiger partial charge in [0.15, 0.2) is 0 Å². The molecule has 0 saturated carbocycles. The summed E-state index contributed by atoms with van der Waals surface area (Å²) in [6.45, 7) is 13.8. The molecule has 0 fully saturated rings. The Morgan fingerprint density at radius 2 is 1.88 bits per heavy atom. The molecule has 1 aliphatic carbocycles. The molecule has 1 unspecified atom stereocenters. The summed E-state index contributed by atoms with van der Waals surface area (Å²) < 4.78 is 0. The van der Waals surface area contributed by atoms with E-state index in [0.717, 1.165) is 43.5 Å². The highest BCUT2D eigenvalue weighted by molar-refractivity contribution is 6.01. The predicted octanol–water partition coefficient (Wildman–Crippen LogP) is 8.71. The normalized spacial score (nSPS) is 17.2. The van der Waals surface area contributed by atoms with Crippen LogP contribution in [0.25, 0.3) is 6.08 Å². The molecule has 1 aliphatic heterocycles. The minimum absolute atomic E-state index is 0.184. The van der Waals surface area contributed by atoms with Crippen molar-refractivity contribution in [1.82, 2.24) is 4.98 Å². The number of rotatable bonds is 13. The summed E-state index contributed by atoms with van der Waals surface area (Å²) in [5, 5.41) is 0. The van der Waals surface area contributed by atoms with Crippen LogP contribution in [0, 0.1) is 5.41 Å². The first-order chi connectivity index (χ1) is 15.4. The lowest BCUT2D eigenvalue weighted by molar-refractivity contribution is 0.319. The van der Waals surface area contributed by atoms with Gasteiger partial charge in [0.2, 0.25) is 0 Å². The number of aryl methyl sites for hydroxylation is 1. The molecule has 0 spiro atoms. The first-order valence-electron chi connectivity index (χ1n) is 13.1. The number of fused-ring (bicyclic) bond motifs is 3. The second-order valence-electron chi connectivity index (χ2n) is 10.8. The van der Waals surface area contributed by atoms with Crippen LogP contribution in [0.5, 0.6) is 0 Å². The predicted molar refractivity (Wildman–Crippen MR) is 141 cm³/mol. The molecule has 3 heteroatoms. The molecule has 32 heavy (non-hydrogen) atoms. The Balaban J connectivity index is 1.77. The maximum absolute atomic E-state index is 6.43. The van der Waals surface area contributed by atoms with Gasteiger partial charge in [-0.05, 0) is 62.3 Å². The fourth-order valence-electron chi connectivity index (χ4n) is 5.51. The first-order valence-corrected chi connectivity index (χ1v) is 13.1. The quantitative estimate of drug-likeness (QED) is 0.249. The van der Waals surface area contributed by atoms with E-state index in [-0.39, 0.29) is 5.41 Å². The largest absolute Gasteiger partial charge is 0.382 e. The minimum Gasteiger partial charge on any atom is -0.382 e. The molecule has 3 nitrogen and oxygen atoms in total. The summed E-state index contributed by atoms with van der Waals surface area (Å²) in [6, 6.07) is 0. The molecule has 0 saturated heterocycles. The molecule has 2 aliphatic rings. The Hall–Kier alpha value is -1.90. The number of pyridine rings is 1. The molecule has 1 aromatic heterocycles. The summed E-state index contributed by atoms with van der Waals surface area (Å²) >= 11 is 0. The van der Waals surface area contributed by atoms with Gasteiger partial charge in [-0.1, -0.05) is 84.1 Å². The molecule has 2 heterocycles. The number of allylic oxidation sites excluding steroid dienone is 2. The number of unbranched alkanes of at least 4 members (excludes halogenated alkanes) is 5. The molecule has 0 amide bonds. The van der Waals surface area contributed by atoms with Gasteiger partial charge in [-0.2, -0.15) is 0 Å². The molecule has 0 radical (unpaired) electrons. The van der Waals surface area contributed by atoms with Gasteiger partial charge in [-0.25, -0.2) is 4.98 Å². The second-order valence-corrected chi connectivity index (χ2v) is 10.8. The van der Waals surface area contributed by atoms with Crippen molar-refractivity contribution in [3.63, 3.8) is 0 Å². The van der Waals surface area contributed by atoms with E-state index in [1.54, 1.807) is 0 Å². The molecule has 2 N–H and O–H groups in total. The van der Waals surface area contributed by atoms with Crippen molar-refractivity contribution >= 4 is 23.3 Å². The topological polar surface area (TPSA) is 51.3 Å². The van der Waals surface area contributed by atoms with Crippen molar-refractivity contribution in [2.75, 3.05) is 5.73 Å². The Labute approximate surface area is 196 Å². The monoisotopic (exact) mass is 435 g/mol. The minimum atomic E-state index is 0.184. The van der Waals surface area contributed by atoms with Gasteiger partial charge in [0, 0.05) is 17.2 Å². The van der Waals surface area contributed by atoms with E-state index in [1.807, 2.05) is 0 Å². The van der Waals surface area contributed by atoms with Crippen LogP contribution in [0.2, 0.25) is 0 Å². The fourth-order valence-corrected chi connectivity index (χ4v) is 5.51. The van der Waals surface area contributed by atoms with Gasteiger partial charge < -0.3 is 5.73 Å². The third kappa shape index (κ3) is 6.11. The number of nitrogens with zero attached hydrogens (tertiary/aromatic N) is 2. The molecule has 0 bridgehead atoms. The number of aromatic nitrogens is 1. The van der Waals surface area contributed by atoms with Crippen molar-refractivity contribution in [1.29, 1.82) is 0 Å².